The maximum absolute atomic E-state index is 13.4. The number of carbonyl (C=O) groups is 2. The summed E-state index contributed by atoms with van der Waals surface area (Å²) in [6.45, 7) is 4.48. The molecule has 1 N–H and O–H groups in total. The summed E-state index contributed by atoms with van der Waals surface area (Å²) in [5.41, 5.74) is -0.174. The van der Waals surface area contributed by atoms with Crippen LogP contribution < -0.4 is 0 Å². The van der Waals surface area contributed by atoms with Crippen molar-refractivity contribution in [3.63, 3.8) is 0 Å². The molecule has 0 amide bonds. The molecule has 4 rings (SSSR count). The molecular weight excluding hydrogens is 316 g/mol. The number of Topliss-reactive ketones (excluding diaryl/α,β-unsaturated/α-hetero) is 1. The second-order valence-electron chi connectivity index (χ2n) is 9.76. The summed E-state index contributed by atoms with van der Waals surface area (Å²) in [5, 5.41) is 10.1. The fourth-order valence-electron chi connectivity index (χ4n) is 7.58. The molecule has 4 aliphatic carbocycles. The average molecular weight is 348 g/mol. The van der Waals surface area contributed by atoms with E-state index in [0.29, 0.717) is 30.0 Å². The normalized spacial score (nSPS) is 52.1. The van der Waals surface area contributed by atoms with Gasteiger partial charge in [0.25, 0.3) is 0 Å². The van der Waals surface area contributed by atoms with Gasteiger partial charge in [-0.15, -0.1) is 0 Å². The molecular formula is C21H32O4. The van der Waals surface area contributed by atoms with Crippen LogP contribution >= 0.6 is 0 Å². The Morgan fingerprint density at radius 1 is 1.12 bits per heavy atom. The lowest BCUT2D eigenvalue weighted by Crippen LogP contribution is -2.58. The Hall–Kier alpha value is -0.900. The lowest BCUT2D eigenvalue weighted by molar-refractivity contribution is -0.166. The SMILES string of the molecule is COC(=O)[C@H]1CC[C@H]2[C@@H]3CC[C@H]4C[C@@H](O)CC[C@]4(C)[C@H]3C(=O)C[C@]12C. The number of ether oxygens (including phenoxy) is 1. The van der Waals surface area contributed by atoms with Crippen LogP contribution in [-0.4, -0.2) is 30.1 Å². The van der Waals surface area contributed by atoms with E-state index in [1.807, 2.05) is 0 Å². The summed E-state index contributed by atoms with van der Waals surface area (Å²) in [6, 6.07) is 0. The molecule has 0 aliphatic heterocycles. The van der Waals surface area contributed by atoms with E-state index in [4.69, 9.17) is 4.74 Å². The standard InChI is InChI=1S/C21H32O4/c1-20-9-8-13(22)10-12(20)4-5-14-15-6-7-16(19(24)25-3)21(15,2)11-17(23)18(14)20/h12-16,18,22H,4-11H2,1-3H3/t12-,13-,14-,15-,16+,18+,20-,21-/m0/s1. The number of rotatable bonds is 1. The van der Waals surface area contributed by atoms with Crippen LogP contribution in [-0.2, 0) is 14.3 Å². The zero-order valence-corrected chi connectivity index (χ0v) is 15.8. The highest BCUT2D eigenvalue weighted by molar-refractivity contribution is 5.86. The topological polar surface area (TPSA) is 63.6 Å². The fourth-order valence-corrected chi connectivity index (χ4v) is 7.58. The van der Waals surface area contributed by atoms with Crippen LogP contribution in [0.25, 0.3) is 0 Å². The minimum absolute atomic E-state index is 0.0455. The number of methoxy groups -OCH3 is 1. The number of aliphatic hydroxyl groups is 1. The predicted molar refractivity (Wildman–Crippen MR) is 93.6 cm³/mol. The quantitative estimate of drug-likeness (QED) is 0.738. The number of esters is 1. The fraction of sp³-hybridized carbons (Fsp3) is 0.905. The molecule has 4 aliphatic rings. The van der Waals surface area contributed by atoms with E-state index in [2.05, 4.69) is 13.8 Å². The van der Waals surface area contributed by atoms with Gasteiger partial charge in [0.05, 0.1) is 19.1 Å². The lowest BCUT2D eigenvalue weighted by Gasteiger charge is -2.59. The van der Waals surface area contributed by atoms with Gasteiger partial charge in [-0.05, 0) is 73.5 Å². The first-order chi connectivity index (χ1) is 11.8. The van der Waals surface area contributed by atoms with Crippen molar-refractivity contribution in [2.24, 2.45) is 40.4 Å². The van der Waals surface area contributed by atoms with Crippen LogP contribution in [0.5, 0.6) is 0 Å². The number of fused-ring (bicyclic) bond motifs is 5. The number of carbonyl (C=O) groups excluding carboxylic acids is 2. The van der Waals surface area contributed by atoms with Crippen LogP contribution in [0.1, 0.15) is 65.2 Å². The summed E-state index contributed by atoms with van der Waals surface area (Å²) < 4.78 is 5.06. The van der Waals surface area contributed by atoms with E-state index in [-0.39, 0.29) is 34.7 Å². The summed E-state index contributed by atoms with van der Waals surface area (Å²) in [7, 11) is 1.46. The highest BCUT2D eigenvalue weighted by Crippen LogP contribution is 2.66. The minimum Gasteiger partial charge on any atom is -0.469 e. The van der Waals surface area contributed by atoms with Crippen LogP contribution in [0.15, 0.2) is 0 Å². The van der Waals surface area contributed by atoms with E-state index < -0.39 is 0 Å². The molecule has 8 atom stereocenters. The number of aliphatic hydroxyl groups excluding tert-OH is 1. The van der Waals surface area contributed by atoms with Gasteiger partial charge in [0.1, 0.15) is 5.78 Å². The first-order valence-electron chi connectivity index (χ1n) is 10.1. The summed E-state index contributed by atoms with van der Waals surface area (Å²) in [4.78, 5) is 25.7. The molecule has 4 nitrogen and oxygen atoms in total. The molecule has 0 heterocycles. The van der Waals surface area contributed by atoms with Gasteiger partial charge in [0.15, 0.2) is 0 Å². The second kappa shape index (κ2) is 5.80. The minimum atomic E-state index is -0.220. The maximum Gasteiger partial charge on any atom is 0.309 e. The summed E-state index contributed by atoms with van der Waals surface area (Å²) in [5.74, 6) is 1.62. The Morgan fingerprint density at radius 2 is 1.88 bits per heavy atom. The average Bonchev–Trinajstić information content (AvgIpc) is 2.91. The van der Waals surface area contributed by atoms with Crippen molar-refractivity contribution in [3.8, 4) is 0 Å². The number of ketones is 1. The molecule has 4 saturated carbocycles. The third-order valence-electron chi connectivity index (χ3n) is 8.81. The molecule has 4 fully saturated rings. The Balaban J connectivity index is 1.66. The van der Waals surface area contributed by atoms with Gasteiger partial charge >= 0.3 is 5.97 Å². The molecule has 0 aromatic carbocycles. The molecule has 0 unspecified atom stereocenters. The van der Waals surface area contributed by atoms with E-state index in [1.165, 1.54) is 7.11 Å². The van der Waals surface area contributed by atoms with Crippen molar-refractivity contribution in [2.45, 2.75) is 71.3 Å². The number of hydrogen-bond acceptors (Lipinski definition) is 4. The molecule has 0 aromatic heterocycles. The third-order valence-corrected chi connectivity index (χ3v) is 8.81. The molecule has 0 spiro atoms. The predicted octanol–water partition coefficient (Wildman–Crippen LogP) is 3.36. The van der Waals surface area contributed by atoms with Gasteiger partial charge in [-0.1, -0.05) is 13.8 Å². The molecule has 4 heteroatoms. The summed E-state index contributed by atoms with van der Waals surface area (Å²) >= 11 is 0. The Bertz CT molecular complexity index is 586. The van der Waals surface area contributed by atoms with Gasteiger partial charge in [-0.2, -0.15) is 0 Å². The first-order valence-corrected chi connectivity index (χ1v) is 10.1. The van der Waals surface area contributed by atoms with Crippen LogP contribution in [0, 0.1) is 40.4 Å². The maximum atomic E-state index is 13.4. The number of hydrogen-bond donors (Lipinski definition) is 1. The molecule has 0 bridgehead atoms. The summed E-state index contributed by atoms with van der Waals surface area (Å²) in [6.07, 6.45) is 7.12. The highest BCUT2D eigenvalue weighted by Gasteiger charge is 2.64. The first kappa shape index (κ1) is 17.5. The zero-order chi connectivity index (χ0) is 18.0. The van der Waals surface area contributed by atoms with Gasteiger partial charge in [0.2, 0.25) is 0 Å². The van der Waals surface area contributed by atoms with E-state index in [9.17, 15) is 14.7 Å². The molecule has 0 radical (unpaired) electrons. The van der Waals surface area contributed by atoms with Crippen LogP contribution in [0.3, 0.4) is 0 Å². The van der Waals surface area contributed by atoms with Crippen molar-refractivity contribution in [3.05, 3.63) is 0 Å². The third kappa shape index (κ3) is 2.35. The van der Waals surface area contributed by atoms with Gasteiger partial charge in [-0.25, -0.2) is 0 Å². The molecule has 140 valence electrons. The van der Waals surface area contributed by atoms with Crippen molar-refractivity contribution >= 4 is 11.8 Å². The molecule has 0 saturated heterocycles. The van der Waals surface area contributed by atoms with E-state index in [0.717, 1.165) is 44.9 Å². The van der Waals surface area contributed by atoms with Gasteiger partial charge in [0, 0.05) is 12.3 Å². The van der Waals surface area contributed by atoms with Crippen LogP contribution in [0.4, 0.5) is 0 Å². The zero-order valence-electron chi connectivity index (χ0n) is 15.8. The van der Waals surface area contributed by atoms with Crippen molar-refractivity contribution in [2.75, 3.05) is 7.11 Å². The van der Waals surface area contributed by atoms with E-state index >= 15 is 0 Å². The lowest BCUT2D eigenvalue weighted by atomic mass is 9.44. The van der Waals surface area contributed by atoms with Crippen LogP contribution in [0.2, 0.25) is 0 Å². The van der Waals surface area contributed by atoms with Crippen molar-refractivity contribution in [1.29, 1.82) is 0 Å². The van der Waals surface area contributed by atoms with Crippen molar-refractivity contribution < 1.29 is 19.4 Å². The monoisotopic (exact) mass is 348 g/mol. The Labute approximate surface area is 150 Å². The van der Waals surface area contributed by atoms with E-state index in [1.54, 1.807) is 0 Å². The molecule has 25 heavy (non-hydrogen) atoms. The van der Waals surface area contributed by atoms with Crippen molar-refractivity contribution in [1.82, 2.24) is 0 Å². The highest BCUT2D eigenvalue weighted by atomic mass is 16.5. The smallest absolute Gasteiger partial charge is 0.309 e. The Kier molecular flexibility index (Phi) is 4.06. The molecule has 0 aromatic rings. The second-order valence-corrected chi connectivity index (χ2v) is 9.76. The van der Waals surface area contributed by atoms with Gasteiger partial charge < -0.3 is 9.84 Å². The Morgan fingerprint density at radius 3 is 2.60 bits per heavy atom. The largest absolute Gasteiger partial charge is 0.469 e. The van der Waals surface area contributed by atoms with Gasteiger partial charge in [-0.3, -0.25) is 9.59 Å².